The van der Waals surface area contributed by atoms with Gasteiger partial charge in [0.15, 0.2) is 11.5 Å². The summed E-state index contributed by atoms with van der Waals surface area (Å²) in [7, 11) is -3.80. The molecule has 2 aliphatic heterocycles. The van der Waals surface area contributed by atoms with Crippen LogP contribution in [0.2, 0.25) is 0 Å². The number of benzene rings is 2. The number of fused-ring (bicyclic) bond motifs is 1. The third-order valence-corrected chi connectivity index (χ3v) is 7.37. The number of ether oxygens (including phenoxy) is 3. The van der Waals surface area contributed by atoms with Crippen LogP contribution in [0.25, 0.3) is 0 Å². The Bertz CT molecular complexity index is 1130. The lowest BCUT2D eigenvalue weighted by atomic mass is 10.0. The Balaban J connectivity index is 1.43. The number of carbonyl (C=O) groups is 1. The van der Waals surface area contributed by atoms with Gasteiger partial charge in [-0.3, -0.25) is 9.69 Å². The van der Waals surface area contributed by atoms with Crippen molar-refractivity contribution in [3.63, 3.8) is 0 Å². The molecular weight excluding hydrogens is 458 g/mol. The minimum Gasteiger partial charge on any atom is -0.490 e. The molecule has 2 aromatic rings. The first-order valence-electron chi connectivity index (χ1n) is 11.4. The van der Waals surface area contributed by atoms with Crippen molar-refractivity contribution in [2.75, 3.05) is 51.4 Å². The van der Waals surface area contributed by atoms with E-state index in [0.29, 0.717) is 43.6 Å². The first-order chi connectivity index (χ1) is 16.2. The van der Waals surface area contributed by atoms with Gasteiger partial charge < -0.3 is 19.5 Å². The number of amides is 1. The van der Waals surface area contributed by atoms with Gasteiger partial charge >= 0.3 is 0 Å². The third kappa shape index (κ3) is 5.87. The molecule has 0 aliphatic carbocycles. The maximum Gasteiger partial charge on any atom is 0.255 e. The molecule has 2 heterocycles. The fourth-order valence-electron chi connectivity index (χ4n) is 3.88. The predicted molar refractivity (Wildman–Crippen MR) is 128 cm³/mol. The highest BCUT2D eigenvalue weighted by atomic mass is 32.2. The molecule has 4 rings (SSSR count). The molecule has 0 spiro atoms. The van der Waals surface area contributed by atoms with Gasteiger partial charge in [0.1, 0.15) is 0 Å². The topological polar surface area (TPSA) is 106 Å². The van der Waals surface area contributed by atoms with E-state index in [1.54, 1.807) is 30.3 Å². The molecule has 0 bridgehead atoms. The molecule has 1 fully saturated rings. The Morgan fingerprint density at radius 2 is 1.74 bits per heavy atom. The summed E-state index contributed by atoms with van der Waals surface area (Å²) in [6.45, 7) is 8.14. The minimum absolute atomic E-state index is 0.0385. The summed E-state index contributed by atoms with van der Waals surface area (Å²) in [6, 6.07) is 11.2. The quantitative estimate of drug-likeness (QED) is 0.616. The monoisotopic (exact) mass is 489 g/mol. The Hall–Kier alpha value is -2.66. The number of anilines is 1. The van der Waals surface area contributed by atoms with E-state index in [2.05, 4.69) is 14.9 Å². The first-order valence-corrected chi connectivity index (χ1v) is 12.9. The lowest BCUT2D eigenvalue weighted by Gasteiger charge is -2.40. The van der Waals surface area contributed by atoms with Gasteiger partial charge in [0.2, 0.25) is 10.0 Å². The number of sulfonamides is 1. The van der Waals surface area contributed by atoms with Gasteiger partial charge in [0.05, 0.1) is 31.3 Å². The molecule has 0 aromatic heterocycles. The molecule has 0 saturated carbocycles. The number of morpholine rings is 1. The summed E-state index contributed by atoms with van der Waals surface area (Å²) in [5, 5.41) is 2.80. The average Bonchev–Trinajstić information content (AvgIpc) is 3.09. The van der Waals surface area contributed by atoms with Crippen LogP contribution >= 0.6 is 0 Å². The highest BCUT2D eigenvalue weighted by Gasteiger charge is 2.30. The fourth-order valence-corrected chi connectivity index (χ4v) is 5.13. The van der Waals surface area contributed by atoms with Crippen molar-refractivity contribution in [3.8, 4) is 11.5 Å². The molecular formula is C24H31N3O6S. The van der Waals surface area contributed by atoms with Crippen molar-refractivity contribution < 1.29 is 27.4 Å². The number of nitrogens with one attached hydrogen (secondary N) is 2. The number of hydrogen-bond donors (Lipinski definition) is 2. The van der Waals surface area contributed by atoms with Gasteiger partial charge in [0, 0.05) is 48.9 Å². The van der Waals surface area contributed by atoms with Crippen molar-refractivity contribution in [2.24, 2.45) is 0 Å². The van der Waals surface area contributed by atoms with Crippen LogP contribution in [0, 0.1) is 0 Å². The Labute approximate surface area is 200 Å². The number of hydrogen-bond acceptors (Lipinski definition) is 7. The Morgan fingerprint density at radius 3 is 2.50 bits per heavy atom. The van der Waals surface area contributed by atoms with E-state index in [1.165, 1.54) is 12.1 Å². The Morgan fingerprint density at radius 1 is 1.00 bits per heavy atom. The highest BCUT2D eigenvalue weighted by Crippen LogP contribution is 2.32. The molecule has 10 heteroatoms. The van der Waals surface area contributed by atoms with Gasteiger partial charge in [0.25, 0.3) is 5.91 Å². The standard InChI is InChI=1S/C24H31N3O6S/c1-24(2,27-9-13-31-14-10-27)17-25-34(29,30)20-6-3-5-18(15-20)23(28)26-19-7-8-21-22(16-19)33-12-4-11-32-21/h3,5-8,15-16,25H,4,9-14,17H2,1-2H3,(H,26,28). The van der Waals surface area contributed by atoms with Crippen LogP contribution in [0.1, 0.15) is 30.6 Å². The molecule has 1 saturated heterocycles. The van der Waals surface area contributed by atoms with E-state index in [0.717, 1.165) is 19.5 Å². The molecule has 2 aliphatic rings. The van der Waals surface area contributed by atoms with Gasteiger partial charge in [-0.15, -0.1) is 0 Å². The summed E-state index contributed by atoms with van der Waals surface area (Å²) in [5.74, 6) is 0.786. The smallest absolute Gasteiger partial charge is 0.255 e. The Kier molecular flexibility index (Phi) is 7.42. The first kappa shape index (κ1) is 24.5. The average molecular weight is 490 g/mol. The highest BCUT2D eigenvalue weighted by molar-refractivity contribution is 7.89. The summed E-state index contributed by atoms with van der Waals surface area (Å²) in [4.78, 5) is 15.1. The molecule has 34 heavy (non-hydrogen) atoms. The fraction of sp³-hybridized carbons (Fsp3) is 0.458. The lowest BCUT2D eigenvalue weighted by molar-refractivity contribution is -0.00803. The third-order valence-electron chi connectivity index (χ3n) is 5.97. The largest absolute Gasteiger partial charge is 0.490 e. The molecule has 2 aromatic carbocycles. The maximum atomic E-state index is 13.0. The number of carbonyl (C=O) groups excluding carboxylic acids is 1. The molecule has 0 atom stereocenters. The van der Waals surface area contributed by atoms with Crippen molar-refractivity contribution >= 4 is 21.6 Å². The van der Waals surface area contributed by atoms with E-state index in [1.807, 2.05) is 13.8 Å². The zero-order valence-corrected chi connectivity index (χ0v) is 20.3. The van der Waals surface area contributed by atoms with Crippen LogP contribution in [0.3, 0.4) is 0 Å². The minimum atomic E-state index is -3.80. The van der Waals surface area contributed by atoms with Gasteiger partial charge in [-0.25, -0.2) is 13.1 Å². The van der Waals surface area contributed by atoms with Crippen LogP contribution in [-0.4, -0.2) is 70.8 Å². The molecule has 0 unspecified atom stereocenters. The second-order valence-corrected chi connectivity index (χ2v) is 10.7. The predicted octanol–water partition coefficient (Wildman–Crippen LogP) is 2.49. The maximum absolute atomic E-state index is 13.0. The second-order valence-electron chi connectivity index (χ2n) is 8.93. The SMILES string of the molecule is CC(C)(CNS(=O)(=O)c1cccc(C(=O)Nc2ccc3c(c2)OCCCO3)c1)N1CCOCC1. The number of nitrogens with zero attached hydrogens (tertiary/aromatic N) is 1. The molecule has 1 amide bonds. The lowest BCUT2D eigenvalue weighted by Crippen LogP contribution is -2.55. The van der Waals surface area contributed by atoms with E-state index < -0.39 is 15.9 Å². The van der Waals surface area contributed by atoms with Crippen LogP contribution in [-0.2, 0) is 14.8 Å². The number of rotatable bonds is 7. The van der Waals surface area contributed by atoms with E-state index >= 15 is 0 Å². The second kappa shape index (κ2) is 10.3. The van der Waals surface area contributed by atoms with Gasteiger partial charge in [-0.2, -0.15) is 0 Å². The van der Waals surface area contributed by atoms with Crippen molar-refractivity contribution in [3.05, 3.63) is 48.0 Å². The molecule has 9 nitrogen and oxygen atoms in total. The normalized spacial score (nSPS) is 17.1. The van der Waals surface area contributed by atoms with Crippen LogP contribution in [0.4, 0.5) is 5.69 Å². The van der Waals surface area contributed by atoms with Crippen LogP contribution in [0.5, 0.6) is 11.5 Å². The molecule has 0 radical (unpaired) electrons. The van der Waals surface area contributed by atoms with Crippen molar-refractivity contribution in [1.29, 1.82) is 0 Å². The van der Waals surface area contributed by atoms with E-state index in [-0.39, 0.29) is 22.5 Å². The van der Waals surface area contributed by atoms with Gasteiger partial charge in [-0.1, -0.05) is 6.07 Å². The summed E-state index contributed by atoms with van der Waals surface area (Å²) < 4.78 is 45.3. The van der Waals surface area contributed by atoms with Crippen LogP contribution in [0.15, 0.2) is 47.4 Å². The van der Waals surface area contributed by atoms with Crippen molar-refractivity contribution in [1.82, 2.24) is 9.62 Å². The van der Waals surface area contributed by atoms with Crippen LogP contribution < -0.4 is 19.5 Å². The zero-order chi connectivity index (χ0) is 24.2. The molecule has 2 N–H and O–H groups in total. The van der Waals surface area contributed by atoms with E-state index in [4.69, 9.17) is 14.2 Å². The zero-order valence-electron chi connectivity index (χ0n) is 19.5. The van der Waals surface area contributed by atoms with E-state index in [9.17, 15) is 13.2 Å². The summed E-state index contributed by atoms with van der Waals surface area (Å²) in [5.41, 5.74) is 0.401. The summed E-state index contributed by atoms with van der Waals surface area (Å²) in [6.07, 6.45) is 0.787. The van der Waals surface area contributed by atoms with Gasteiger partial charge in [-0.05, 0) is 44.2 Å². The molecule has 184 valence electrons. The van der Waals surface area contributed by atoms with Crippen molar-refractivity contribution in [2.45, 2.75) is 30.7 Å². The summed E-state index contributed by atoms with van der Waals surface area (Å²) >= 11 is 0.